The summed E-state index contributed by atoms with van der Waals surface area (Å²) in [4.78, 5) is 19.6. The van der Waals surface area contributed by atoms with Gasteiger partial charge in [0.2, 0.25) is 5.91 Å². The van der Waals surface area contributed by atoms with Crippen molar-refractivity contribution in [1.82, 2.24) is 14.7 Å². The minimum atomic E-state index is 0.0574. The molecule has 1 aromatic carbocycles. The molecule has 3 aliphatic rings. The zero-order valence-corrected chi connectivity index (χ0v) is 14.5. The monoisotopic (exact) mass is 329 g/mol. The van der Waals surface area contributed by atoms with E-state index in [2.05, 4.69) is 47.2 Å². The van der Waals surface area contributed by atoms with Crippen LogP contribution in [0.4, 0.5) is 0 Å². The Balaban J connectivity index is 1.33. The Kier molecular flexibility index (Phi) is 4.33. The predicted molar refractivity (Wildman–Crippen MR) is 92.6 cm³/mol. The van der Waals surface area contributed by atoms with Crippen molar-refractivity contribution in [2.24, 2.45) is 5.41 Å². The molecule has 1 amide bonds. The molecule has 1 spiro atoms. The summed E-state index contributed by atoms with van der Waals surface area (Å²) in [5, 5.41) is 0. The van der Waals surface area contributed by atoms with Crippen LogP contribution in [0.2, 0.25) is 0 Å². The topological polar surface area (TPSA) is 36.0 Å². The summed E-state index contributed by atoms with van der Waals surface area (Å²) in [6, 6.07) is 10.7. The van der Waals surface area contributed by atoms with E-state index >= 15 is 0 Å². The van der Waals surface area contributed by atoms with E-state index in [1.54, 1.807) is 0 Å². The number of hydrogen-bond acceptors (Lipinski definition) is 4. The van der Waals surface area contributed by atoms with E-state index in [9.17, 15) is 4.79 Å². The van der Waals surface area contributed by atoms with Crippen molar-refractivity contribution in [2.45, 2.75) is 19.0 Å². The van der Waals surface area contributed by atoms with Crippen LogP contribution >= 0.6 is 0 Å². The lowest BCUT2D eigenvalue weighted by Gasteiger charge is -2.48. The molecule has 3 saturated heterocycles. The third kappa shape index (κ3) is 3.08. The van der Waals surface area contributed by atoms with Gasteiger partial charge in [-0.3, -0.25) is 14.6 Å². The standard InChI is InChI=1S/C19H27N3O2/c1-20-13-19(11-17(20)18(23)22-7-9-24-10-8-22)14-21(15-19)12-16-5-3-2-4-6-16/h2-6,17H,7-15H2,1H3. The Morgan fingerprint density at radius 1 is 1.17 bits per heavy atom. The van der Waals surface area contributed by atoms with Gasteiger partial charge in [0.25, 0.3) is 0 Å². The molecular weight excluding hydrogens is 302 g/mol. The van der Waals surface area contributed by atoms with Gasteiger partial charge in [-0.05, 0) is 19.0 Å². The fourth-order valence-corrected chi connectivity index (χ4v) is 4.63. The Morgan fingerprint density at radius 2 is 1.88 bits per heavy atom. The van der Waals surface area contributed by atoms with E-state index in [0.717, 1.165) is 45.7 Å². The van der Waals surface area contributed by atoms with Crippen molar-refractivity contribution in [2.75, 3.05) is 53.0 Å². The first kappa shape index (κ1) is 16.1. The fourth-order valence-electron chi connectivity index (χ4n) is 4.63. The van der Waals surface area contributed by atoms with Gasteiger partial charge in [0.15, 0.2) is 0 Å². The number of amides is 1. The molecule has 24 heavy (non-hydrogen) atoms. The molecule has 3 aliphatic heterocycles. The van der Waals surface area contributed by atoms with E-state index in [4.69, 9.17) is 4.74 Å². The molecule has 0 N–H and O–H groups in total. The maximum atomic E-state index is 12.8. The van der Waals surface area contributed by atoms with Crippen LogP contribution in [-0.2, 0) is 16.1 Å². The number of nitrogens with zero attached hydrogens (tertiary/aromatic N) is 3. The maximum absolute atomic E-state index is 12.8. The van der Waals surface area contributed by atoms with E-state index in [1.807, 2.05) is 4.90 Å². The van der Waals surface area contributed by atoms with Gasteiger partial charge in [-0.1, -0.05) is 30.3 Å². The average molecular weight is 329 g/mol. The van der Waals surface area contributed by atoms with Crippen molar-refractivity contribution in [1.29, 1.82) is 0 Å². The normalized spacial score (nSPS) is 27.4. The highest BCUT2D eigenvalue weighted by Gasteiger charge is 2.52. The highest BCUT2D eigenvalue weighted by Crippen LogP contribution is 2.43. The van der Waals surface area contributed by atoms with Gasteiger partial charge in [0.1, 0.15) is 0 Å². The zero-order chi connectivity index (χ0) is 16.6. The van der Waals surface area contributed by atoms with Gasteiger partial charge < -0.3 is 9.64 Å². The lowest BCUT2D eigenvalue weighted by Crippen LogP contribution is -2.56. The number of ether oxygens (including phenoxy) is 1. The van der Waals surface area contributed by atoms with E-state index < -0.39 is 0 Å². The number of rotatable bonds is 3. The summed E-state index contributed by atoms with van der Waals surface area (Å²) in [6.07, 6.45) is 1.00. The quantitative estimate of drug-likeness (QED) is 0.831. The number of carbonyl (C=O) groups excluding carboxylic acids is 1. The van der Waals surface area contributed by atoms with Crippen LogP contribution < -0.4 is 0 Å². The van der Waals surface area contributed by atoms with Gasteiger partial charge in [0, 0.05) is 44.7 Å². The summed E-state index contributed by atoms with van der Waals surface area (Å²) >= 11 is 0. The first-order chi connectivity index (χ1) is 11.7. The molecular formula is C19H27N3O2. The molecule has 1 atom stereocenters. The lowest BCUT2D eigenvalue weighted by atomic mass is 9.77. The van der Waals surface area contributed by atoms with Gasteiger partial charge in [-0.2, -0.15) is 0 Å². The summed E-state index contributed by atoms with van der Waals surface area (Å²) in [6.45, 7) is 7.13. The Bertz CT molecular complexity index is 580. The second-order valence-electron chi connectivity index (χ2n) is 7.70. The molecule has 5 nitrogen and oxygen atoms in total. The van der Waals surface area contributed by atoms with Crippen LogP contribution in [0, 0.1) is 5.41 Å². The Labute approximate surface area is 144 Å². The number of morpholine rings is 1. The molecule has 4 rings (SSSR count). The zero-order valence-electron chi connectivity index (χ0n) is 14.5. The second-order valence-corrected chi connectivity index (χ2v) is 7.70. The number of benzene rings is 1. The van der Waals surface area contributed by atoms with E-state index in [0.29, 0.717) is 24.5 Å². The molecule has 0 bridgehead atoms. The third-order valence-electron chi connectivity index (χ3n) is 5.72. The van der Waals surface area contributed by atoms with Crippen molar-refractivity contribution >= 4 is 5.91 Å². The van der Waals surface area contributed by atoms with Crippen molar-refractivity contribution < 1.29 is 9.53 Å². The van der Waals surface area contributed by atoms with Crippen molar-refractivity contribution in [3.05, 3.63) is 35.9 Å². The van der Waals surface area contributed by atoms with Crippen molar-refractivity contribution in [3.63, 3.8) is 0 Å². The van der Waals surface area contributed by atoms with E-state index in [1.165, 1.54) is 5.56 Å². The maximum Gasteiger partial charge on any atom is 0.240 e. The number of likely N-dealkylation sites (N-methyl/N-ethyl adjacent to an activating group) is 1. The molecule has 3 fully saturated rings. The van der Waals surface area contributed by atoms with Crippen LogP contribution in [0.1, 0.15) is 12.0 Å². The summed E-state index contributed by atoms with van der Waals surface area (Å²) in [5.41, 5.74) is 1.69. The van der Waals surface area contributed by atoms with Gasteiger partial charge in [0.05, 0.1) is 19.3 Å². The minimum absolute atomic E-state index is 0.0574. The fraction of sp³-hybridized carbons (Fsp3) is 0.632. The van der Waals surface area contributed by atoms with Crippen LogP contribution in [-0.4, -0.2) is 79.6 Å². The Hall–Kier alpha value is -1.43. The summed E-state index contributed by atoms with van der Waals surface area (Å²) in [7, 11) is 2.11. The Morgan fingerprint density at radius 3 is 2.58 bits per heavy atom. The predicted octanol–water partition coefficient (Wildman–Crippen LogP) is 1.05. The third-order valence-corrected chi connectivity index (χ3v) is 5.72. The minimum Gasteiger partial charge on any atom is -0.378 e. The molecule has 130 valence electrons. The second kappa shape index (κ2) is 6.47. The SMILES string of the molecule is CN1CC2(CC1C(=O)N1CCOCC1)CN(Cc1ccccc1)C2. The van der Waals surface area contributed by atoms with Crippen LogP contribution in [0.15, 0.2) is 30.3 Å². The molecule has 1 aromatic rings. The summed E-state index contributed by atoms with van der Waals surface area (Å²) in [5.74, 6) is 0.305. The first-order valence-electron chi connectivity index (χ1n) is 8.98. The molecule has 0 aromatic heterocycles. The lowest BCUT2D eigenvalue weighted by molar-refractivity contribution is -0.139. The summed E-state index contributed by atoms with van der Waals surface area (Å²) < 4.78 is 5.37. The number of carbonyl (C=O) groups is 1. The van der Waals surface area contributed by atoms with Gasteiger partial charge >= 0.3 is 0 Å². The highest BCUT2D eigenvalue weighted by molar-refractivity contribution is 5.82. The molecule has 1 unspecified atom stereocenters. The highest BCUT2D eigenvalue weighted by atomic mass is 16.5. The number of likely N-dealkylation sites (tertiary alicyclic amines) is 2. The van der Waals surface area contributed by atoms with Gasteiger partial charge in [-0.15, -0.1) is 0 Å². The molecule has 5 heteroatoms. The molecule has 0 radical (unpaired) electrons. The van der Waals surface area contributed by atoms with E-state index in [-0.39, 0.29) is 6.04 Å². The van der Waals surface area contributed by atoms with Gasteiger partial charge in [-0.25, -0.2) is 0 Å². The smallest absolute Gasteiger partial charge is 0.240 e. The van der Waals surface area contributed by atoms with Crippen LogP contribution in [0.5, 0.6) is 0 Å². The largest absolute Gasteiger partial charge is 0.378 e. The van der Waals surface area contributed by atoms with Crippen LogP contribution in [0.3, 0.4) is 0 Å². The van der Waals surface area contributed by atoms with Crippen LogP contribution in [0.25, 0.3) is 0 Å². The molecule has 0 saturated carbocycles. The van der Waals surface area contributed by atoms with Crippen molar-refractivity contribution in [3.8, 4) is 0 Å². The molecule has 3 heterocycles. The number of hydrogen-bond donors (Lipinski definition) is 0. The first-order valence-corrected chi connectivity index (χ1v) is 8.98. The molecule has 0 aliphatic carbocycles. The average Bonchev–Trinajstić information content (AvgIpc) is 2.93.